The Kier molecular flexibility index (Phi) is 11.3. The molecule has 8 fully saturated rings. The zero-order valence-electron chi connectivity index (χ0n) is 33.7. The minimum absolute atomic E-state index is 0.0456. The minimum Gasteiger partial charge on any atom is -0.388 e. The van der Waals surface area contributed by atoms with Crippen LogP contribution in [0.2, 0.25) is 0 Å². The molecule has 0 radical (unpaired) electrons. The maximum atomic E-state index is 11.2. The topological polar surface area (TPSA) is 215 Å². The summed E-state index contributed by atoms with van der Waals surface area (Å²) in [5.41, 5.74) is 1.68. The molecule has 324 valence electrons. The Bertz CT molecular complexity index is 1470. The molecule has 3 saturated carbocycles. The van der Waals surface area contributed by atoms with Crippen molar-refractivity contribution < 1.29 is 73.6 Å². The zero-order chi connectivity index (χ0) is 40.2. The fourth-order valence-electron chi connectivity index (χ4n) is 13.2. The van der Waals surface area contributed by atoms with Gasteiger partial charge < -0.3 is 73.6 Å². The Balaban J connectivity index is 0.871. The molecule has 0 unspecified atom stereocenters. The smallest absolute Gasteiger partial charge is 0.187 e. The van der Waals surface area contributed by atoms with Gasteiger partial charge in [0.2, 0.25) is 0 Å². The molecule has 23 atom stereocenters. The lowest BCUT2D eigenvalue weighted by molar-refractivity contribution is -0.374. The minimum atomic E-state index is -1.68. The summed E-state index contributed by atoms with van der Waals surface area (Å²) in [6.07, 6.45) is -5.46. The number of hydrogen-bond donors (Lipinski definition) is 7. The van der Waals surface area contributed by atoms with Crippen LogP contribution in [0.4, 0.5) is 0 Å². The highest BCUT2D eigenvalue weighted by atomic mass is 16.8. The number of ether oxygens (including phenoxy) is 8. The average Bonchev–Trinajstić information content (AvgIpc) is 3.64. The highest BCUT2D eigenvalue weighted by molar-refractivity contribution is 5.26. The van der Waals surface area contributed by atoms with Gasteiger partial charge in [-0.3, -0.25) is 0 Å². The Hall–Kier alpha value is -0.860. The maximum absolute atomic E-state index is 11.2. The second-order valence-electron chi connectivity index (χ2n) is 19.7. The highest BCUT2D eigenvalue weighted by Crippen LogP contribution is 2.70. The predicted molar refractivity (Wildman–Crippen MR) is 198 cm³/mol. The molecule has 4 aliphatic carbocycles. The van der Waals surface area contributed by atoms with Crippen molar-refractivity contribution in [1.82, 2.24) is 0 Å². The van der Waals surface area contributed by atoms with Gasteiger partial charge in [0.15, 0.2) is 24.7 Å². The van der Waals surface area contributed by atoms with E-state index in [0.717, 1.165) is 45.1 Å². The normalized spacial score (nSPS) is 57.7. The third-order valence-electron chi connectivity index (χ3n) is 16.5. The van der Waals surface area contributed by atoms with Crippen molar-refractivity contribution in [3.8, 4) is 0 Å². The standard InChI is InChI=1S/C42H66O15/c1-19-7-12-42(53-15-19)20(2)30-29(57-42)14-25-23-6-5-21-13-22(8-10-40(21,3)24(23)9-11-41(25,30)4)54-38-35(32(47)27(44)17-51-38)56-39-36(33(48)28(45)18-52-39)55-37-34(49)31(46)26(43)16-50-37/h5,19-20,22-39,43-49H,6-18H2,1-4H3/t19-,20-,22+,23+,24-,25-,26+,27+,28+,29-,30-,31-,32-,33-,34+,35+,36+,37-,38-,39-,40+,41-,42+/m1/s1. The molecule has 5 heterocycles. The molecule has 1 spiro atoms. The molecule has 0 aromatic rings. The molecule has 9 aliphatic rings. The van der Waals surface area contributed by atoms with E-state index in [1.165, 1.54) is 18.4 Å². The van der Waals surface area contributed by atoms with E-state index >= 15 is 0 Å². The van der Waals surface area contributed by atoms with Gasteiger partial charge in [-0.2, -0.15) is 0 Å². The van der Waals surface area contributed by atoms with E-state index in [2.05, 4.69) is 33.8 Å². The summed E-state index contributed by atoms with van der Waals surface area (Å²) in [7, 11) is 0. The number of fused-ring (bicyclic) bond motifs is 7. The third-order valence-corrected chi connectivity index (χ3v) is 16.5. The lowest BCUT2D eigenvalue weighted by atomic mass is 9.47. The molecule has 0 aromatic heterocycles. The van der Waals surface area contributed by atoms with E-state index in [1.807, 2.05) is 0 Å². The van der Waals surface area contributed by atoms with E-state index in [4.69, 9.17) is 37.9 Å². The first-order valence-corrected chi connectivity index (χ1v) is 21.7. The first kappa shape index (κ1) is 41.5. The molecule has 7 N–H and O–H groups in total. The molecular formula is C42H66O15. The van der Waals surface area contributed by atoms with E-state index < -0.39 is 79.6 Å². The lowest BCUT2D eigenvalue weighted by Crippen LogP contribution is -2.63. The van der Waals surface area contributed by atoms with Gasteiger partial charge in [0, 0.05) is 12.3 Å². The van der Waals surface area contributed by atoms with Crippen LogP contribution in [-0.2, 0) is 37.9 Å². The number of rotatable bonds is 6. The number of aliphatic hydroxyl groups excluding tert-OH is 7. The van der Waals surface area contributed by atoms with Crippen LogP contribution >= 0.6 is 0 Å². The zero-order valence-corrected chi connectivity index (χ0v) is 33.7. The molecule has 5 aliphatic heterocycles. The van der Waals surface area contributed by atoms with E-state index in [1.54, 1.807) is 0 Å². The third kappa shape index (κ3) is 6.91. The van der Waals surface area contributed by atoms with Crippen LogP contribution in [0.3, 0.4) is 0 Å². The molecule has 15 nitrogen and oxygen atoms in total. The quantitative estimate of drug-likeness (QED) is 0.187. The second kappa shape index (κ2) is 15.5. The van der Waals surface area contributed by atoms with Crippen LogP contribution in [0.1, 0.15) is 85.5 Å². The number of hydrogen-bond acceptors (Lipinski definition) is 15. The van der Waals surface area contributed by atoms with Crippen LogP contribution < -0.4 is 0 Å². The Morgan fingerprint density at radius 3 is 1.96 bits per heavy atom. The molecule has 0 bridgehead atoms. The summed E-state index contributed by atoms with van der Waals surface area (Å²) in [5.74, 6) is 2.86. The van der Waals surface area contributed by atoms with Crippen molar-refractivity contribution >= 4 is 0 Å². The van der Waals surface area contributed by atoms with Gasteiger partial charge in [0.1, 0.15) is 54.9 Å². The molecule has 57 heavy (non-hydrogen) atoms. The Labute approximate surface area is 334 Å². The van der Waals surface area contributed by atoms with Crippen molar-refractivity contribution in [2.45, 2.75) is 177 Å². The van der Waals surface area contributed by atoms with Crippen LogP contribution in [0.15, 0.2) is 11.6 Å². The Morgan fingerprint density at radius 2 is 1.30 bits per heavy atom. The van der Waals surface area contributed by atoms with Crippen molar-refractivity contribution in [2.75, 3.05) is 26.4 Å². The Morgan fingerprint density at radius 1 is 0.667 bits per heavy atom. The van der Waals surface area contributed by atoms with Crippen LogP contribution in [0, 0.1) is 46.3 Å². The van der Waals surface area contributed by atoms with Crippen molar-refractivity contribution in [3.63, 3.8) is 0 Å². The molecule has 15 heteroatoms. The highest BCUT2D eigenvalue weighted by Gasteiger charge is 2.69. The van der Waals surface area contributed by atoms with Gasteiger partial charge in [-0.25, -0.2) is 0 Å². The van der Waals surface area contributed by atoms with Gasteiger partial charge in [0.25, 0.3) is 0 Å². The first-order valence-electron chi connectivity index (χ1n) is 21.7. The summed E-state index contributed by atoms with van der Waals surface area (Å²) in [4.78, 5) is 0. The summed E-state index contributed by atoms with van der Waals surface area (Å²) in [6.45, 7) is 9.59. The molecule has 5 saturated heterocycles. The van der Waals surface area contributed by atoms with E-state index in [-0.39, 0.29) is 42.9 Å². The number of aliphatic hydroxyl groups is 7. The number of allylic oxidation sites excluding steroid dienone is 1. The van der Waals surface area contributed by atoms with Crippen LogP contribution in [0.5, 0.6) is 0 Å². The fourth-order valence-corrected chi connectivity index (χ4v) is 13.2. The second-order valence-corrected chi connectivity index (χ2v) is 19.7. The average molecular weight is 811 g/mol. The van der Waals surface area contributed by atoms with E-state index in [0.29, 0.717) is 41.9 Å². The SMILES string of the molecule is C[C@@H]1CC[C@]2(OC1)O[C@@H]1C[C@@H]3[C@H]4CC=C5C[C@@H](O[C@H]6OC[C@H](O)[C@@H](O)[C@@H]6O[C@H]6OC[C@H](O)[C@@H](O)[C@@H]6O[C@H]6OC[C@H](O)[C@@H](O)[C@@H]6O)CC[C@]5(C)[C@@H]4CC[C@@]3(C)[C@@H]1[C@H]2C. The molecule has 0 amide bonds. The van der Waals surface area contributed by atoms with Crippen molar-refractivity contribution in [1.29, 1.82) is 0 Å². The van der Waals surface area contributed by atoms with Gasteiger partial charge in [-0.05, 0) is 91.8 Å². The van der Waals surface area contributed by atoms with Crippen molar-refractivity contribution in [3.05, 3.63) is 11.6 Å². The largest absolute Gasteiger partial charge is 0.388 e. The van der Waals surface area contributed by atoms with Crippen LogP contribution in [0.25, 0.3) is 0 Å². The monoisotopic (exact) mass is 810 g/mol. The fraction of sp³-hybridized carbons (Fsp3) is 0.952. The first-order chi connectivity index (χ1) is 27.1. The summed E-state index contributed by atoms with van der Waals surface area (Å²) in [5, 5.41) is 73.8. The molecule has 0 aromatic carbocycles. The van der Waals surface area contributed by atoms with Crippen LogP contribution in [-0.4, -0.2) is 154 Å². The molecule has 9 rings (SSSR count). The molecular weight excluding hydrogens is 744 g/mol. The van der Waals surface area contributed by atoms with Gasteiger partial charge in [-0.1, -0.05) is 39.3 Å². The van der Waals surface area contributed by atoms with Crippen molar-refractivity contribution in [2.24, 2.45) is 46.3 Å². The lowest BCUT2D eigenvalue weighted by Gasteiger charge is -2.58. The predicted octanol–water partition coefficient (Wildman–Crippen LogP) is 1.10. The maximum Gasteiger partial charge on any atom is 0.187 e. The summed E-state index contributed by atoms with van der Waals surface area (Å²) in [6, 6.07) is 0. The van der Waals surface area contributed by atoms with Gasteiger partial charge >= 0.3 is 0 Å². The van der Waals surface area contributed by atoms with E-state index in [9.17, 15) is 35.7 Å². The summed E-state index contributed by atoms with van der Waals surface area (Å²) >= 11 is 0. The van der Waals surface area contributed by atoms with Gasteiger partial charge in [-0.15, -0.1) is 0 Å². The summed E-state index contributed by atoms with van der Waals surface area (Å²) < 4.78 is 49.2. The van der Waals surface area contributed by atoms with Gasteiger partial charge in [0.05, 0.1) is 38.6 Å².